The topological polar surface area (TPSA) is 58.9 Å². The third kappa shape index (κ3) is 3.19. The third-order valence-electron chi connectivity index (χ3n) is 7.29. The number of hydrogen-bond donors (Lipinski definition) is 1. The highest BCUT2D eigenvalue weighted by Crippen LogP contribution is 2.44. The van der Waals surface area contributed by atoms with Crippen LogP contribution in [0.5, 0.6) is 0 Å². The number of thiazole rings is 1. The smallest absolute Gasteiger partial charge is 0.186 e. The summed E-state index contributed by atoms with van der Waals surface area (Å²) < 4.78 is 17.3. The Bertz CT molecular complexity index is 1340. The highest BCUT2D eigenvalue weighted by Gasteiger charge is 2.49. The van der Waals surface area contributed by atoms with Gasteiger partial charge in [0, 0.05) is 48.4 Å². The zero-order valence-electron chi connectivity index (χ0n) is 18.8. The van der Waals surface area contributed by atoms with Crippen molar-refractivity contribution in [2.45, 2.75) is 56.7 Å². The van der Waals surface area contributed by atoms with Crippen molar-refractivity contribution in [1.29, 1.82) is 0 Å². The van der Waals surface area contributed by atoms with Crippen molar-refractivity contribution in [1.82, 2.24) is 25.1 Å². The highest BCUT2D eigenvalue weighted by atomic mass is 32.1. The molecule has 0 aliphatic carbocycles. The van der Waals surface area contributed by atoms with E-state index in [1.807, 2.05) is 18.3 Å². The lowest BCUT2D eigenvalue weighted by Gasteiger charge is -2.45. The Kier molecular flexibility index (Phi) is 4.21. The summed E-state index contributed by atoms with van der Waals surface area (Å²) in [6.45, 7) is 4.70. The van der Waals surface area contributed by atoms with Crippen molar-refractivity contribution >= 4 is 37.6 Å². The molecule has 6 nitrogen and oxygen atoms in total. The lowest BCUT2D eigenvalue weighted by atomic mass is 9.84. The molecule has 8 heteroatoms. The number of nitrogens with one attached hydrogen (secondary N) is 1. The number of aryl methyl sites for hydroxylation is 1. The van der Waals surface area contributed by atoms with Crippen molar-refractivity contribution in [3.8, 4) is 11.3 Å². The van der Waals surface area contributed by atoms with E-state index in [9.17, 15) is 4.39 Å². The van der Waals surface area contributed by atoms with Gasteiger partial charge in [0.2, 0.25) is 0 Å². The van der Waals surface area contributed by atoms with E-state index < -0.39 is 0 Å². The number of aromatic nitrogens is 4. The summed E-state index contributed by atoms with van der Waals surface area (Å²) in [6, 6.07) is 5.95. The van der Waals surface area contributed by atoms with E-state index in [1.165, 1.54) is 18.9 Å². The van der Waals surface area contributed by atoms with Gasteiger partial charge >= 0.3 is 0 Å². The number of rotatable bonds is 3. The van der Waals surface area contributed by atoms with Gasteiger partial charge in [-0.3, -0.25) is 9.67 Å². The number of pyridine rings is 1. The molecule has 166 valence electrons. The average Bonchev–Trinajstić information content (AvgIpc) is 3.39. The average molecular weight is 451 g/mol. The van der Waals surface area contributed by atoms with E-state index in [0.717, 1.165) is 44.8 Å². The number of halogens is 1. The maximum atomic E-state index is 14.6. The number of nitrogens with zero attached hydrogens (tertiary/aromatic N) is 5. The Morgan fingerprint density at radius 3 is 2.69 bits per heavy atom. The Balaban J connectivity index is 1.33. The molecular formula is C24H27FN6S. The Labute approximate surface area is 190 Å². The van der Waals surface area contributed by atoms with Crippen LogP contribution >= 0.6 is 11.3 Å². The molecule has 0 amide bonds. The van der Waals surface area contributed by atoms with Crippen molar-refractivity contribution in [2.24, 2.45) is 7.05 Å². The molecule has 1 N–H and O–H groups in total. The van der Waals surface area contributed by atoms with Crippen molar-refractivity contribution < 1.29 is 4.39 Å². The second kappa shape index (κ2) is 6.71. The van der Waals surface area contributed by atoms with E-state index in [2.05, 4.69) is 41.2 Å². The summed E-state index contributed by atoms with van der Waals surface area (Å²) in [5.41, 5.74) is 3.21. The van der Waals surface area contributed by atoms with Gasteiger partial charge in [-0.25, -0.2) is 9.37 Å². The summed E-state index contributed by atoms with van der Waals surface area (Å²) in [5, 5.41) is 9.85. The molecule has 2 aliphatic rings. The fraction of sp³-hybridized carbons (Fsp3) is 0.458. The van der Waals surface area contributed by atoms with Gasteiger partial charge < -0.3 is 10.2 Å². The monoisotopic (exact) mass is 450 g/mol. The van der Waals surface area contributed by atoms with Crippen molar-refractivity contribution in [3.05, 3.63) is 36.4 Å². The maximum absolute atomic E-state index is 14.6. The molecular weight excluding hydrogens is 423 g/mol. The van der Waals surface area contributed by atoms with Crippen LogP contribution in [0.3, 0.4) is 0 Å². The second-order valence-electron chi connectivity index (χ2n) is 10.2. The standard InChI is InChI=1S/C24H27FN6S/c1-23-5-6-24(2,29-23)11-16(10-23)31(4)22-27-19-12-26-18(9-20(19)32-22)14-7-15-13-30(3)28-21(15)17(25)8-14/h7-9,12-13,16,29H,5-6,10-11H2,1-4H3/t16-,23-,24+. The molecule has 5 heterocycles. The molecule has 3 aromatic heterocycles. The van der Waals surface area contributed by atoms with Crippen LogP contribution in [0.15, 0.2) is 30.6 Å². The Hall–Kier alpha value is -2.58. The normalized spacial score (nSPS) is 27.5. The van der Waals surface area contributed by atoms with E-state index in [4.69, 9.17) is 4.98 Å². The molecule has 3 atom stereocenters. The summed E-state index contributed by atoms with van der Waals surface area (Å²) in [6.07, 6.45) is 8.36. The largest absolute Gasteiger partial charge is 0.348 e. The van der Waals surface area contributed by atoms with Crippen LogP contribution in [0, 0.1) is 5.82 Å². The summed E-state index contributed by atoms with van der Waals surface area (Å²) in [4.78, 5) is 11.8. The summed E-state index contributed by atoms with van der Waals surface area (Å²) >= 11 is 1.68. The first-order valence-electron chi connectivity index (χ1n) is 11.1. The minimum absolute atomic E-state index is 0.215. The van der Waals surface area contributed by atoms with E-state index >= 15 is 0 Å². The van der Waals surface area contributed by atoms with Gasteiger partial charge in [-0.15, -0.1) is 0 Å². The highest BCUT2D eigenvalue weighted by molar-refractivity contribution is 7.22. The van der Waals surface area contributed by atoms with Gasteiger partial charge in [0.15, 0.2) is 10.9 Å². The van der Waals surface area contributed by atoms with Crippen LogP contribution < -0.4 is 10.2 Å². The van der Waals surface area contributed by atoms with Crippen LogP contribution in [0.25, 0.3) is 32.4 Å². The number of piperidine rings is 1. The molecule has 4 aromatic rings. The fourth-order valence-electron chi connectivity index (χ4n) is 5.74. The molecule has 0 saturated carbocycles. The first-order valence-corrected chi connectivity index (χ1v) is 11.9. The molecule has 0 radical (unpaired) electrons. The molecule has 2 aliphatic heterocycles. The van der Waals surface area contributed by atoms with Crippen molar-refractivity contribution in [2.75, 3.05) is 11.9 Å². The van der Waals surface area contributed by atoms with Gasteiger partial charge in [-0.1, -0.05) is 11.3 Å². The van der Waals surface area contributed by atoms with Gasteiger partial charge in [0.05, 0.1) is 16.6 Å². The van der Waals surface area contributed by atoms with E-state index in [0.29, 0.717) is 11.6 Å². The molecule has 2 fully saturated rings. The van der Waals surface area contributed by atoms with Gasteiger partial charge in [-0.2, -0.15) is 5.10 Å². The second-order valence-corrected chi connectivity index (χ2v) is 11.2. The van der Waals surface area contributed by atoms with Crippen LogP contribution in [-0.2, 0) is 7.05 Å². The first-order chi connectivity index (χ1) is 15.2. The maximum Gasteiger partial charge on any atom is 0.186 e. The fourth-order valence-corrected chi connectivity index (χ4v) is 6.75. The predicted octanol–water partition coefficient (Wildman–Crippen LogP) is 4.88. The van der Waals surface area contributed by atoms with E-state index in [-0.39, 0.29) is 16.9 Å². The van der Waals surface area contributed by atoms with Gasteiger partial charge in [-0.05, 0) is 57.7 Å². The van der Waals surface area contributed by atoms with E-state index in [1.54, 1.807) is 29.3 Å². The quantitative estimate of drug-likeness (QED) is 0.482. The Morgan fingerprint density at radius 2 is 1.94 bits per heavy atom. The minimum atomic E-state index is -0.327. The van der Waals surface area contributed by atoms with Gasteiger partial charge in [0.1, 0.15) is 11.0 Å². The molecule has 2 saturated heterocycles. The Morgan fingerprint density at radius 1 is 1.19 bits per heavy atom. The predicted molar refractivity (Wildman–Crippen MR) is 128 cm³/mol. The third-order valence-corrected chi connectivity index (χ3v) is 8.40. The first kappa shape index (κ1) is 20.1. The van der Waals surface area contributed by atoms with Crippen LogP contribution in [0.4, 0.5) is 9.52 Å². The number of hydrogen-bond acceptors (Lipinski definition) is 6. The molecule has 2 bridgehead atoms. The number of benzene rings is 1. The zero-order valence-corrected chi connectivity index (χ0v) is 19.6. The SMILES string of the molecule is CN(c1nc2cnc(-c3cc(F)c4nn(C)cc4c3)cc2s1)[C@H]1C[C@]2(C)CC[C@](C)(C1)N2. The molecule has 0 spiro atoms. The van der Waals surface area contributed by atoms with Crippen LogP contribution in [0.2, 0.25) is 0 Å². The zero-order chi connectivity index (χ0) is 22.3. The lowest BCUT2D eigenvalue weighted by Crippen LogP contribution is -2.58. The number of fused-ring (bicyclic) bond motifs is 4. The summed E-state index contributed by atoms with van der Waals surface area (Å²) in [7, 11) is 3.97. The van der Waals surface area contributed by atoms with Crippen molar-refractivity contribution in [3.63, 3.8) is 0 Å². The van der Waals surface area contributed by atoms with Crippen LogP contribution in [-0.4, -0.2) is 43.9 Å². The minimum Gasteiger partial charge on any atom is -0.348 e. The molecule has 6 rings (SSSR count). The van der Waals surface area contributed by atoms with Gasteiger partial charge in [0.25, 0.3) is 0 Å². The molecule has 32 heavy (non-hydrogen) atoms. The molecule has 1 aromatic carbocycles. The van der Waals surface area contributed by atoms with Crippen LogP contribution in [0.1, 0.15) is 39.5 Å². The number of anilines is 1. The lowest BCUT2D eigenvalue weighted by molar-refractivity contribution is 0.208. The summed E-state index contributed by atoms with van der Waals surface area (Å²) in [5.74, 6) is -0.327. The molecule has 0 unspecified atom stereocenters.